The maximum absolute atomic E-state index is 10.7. The number of hydrogen-bond acceptors (Lipinski definition) is 5. The van der Waals surface area contributed by atoms with Crippen molar-refractivity contribution in [2.75, 3.05) is 12.4 Å². The van der Waals surface area contributed by atoms with Crippen LogP contribution in [0.1, 0.15) is 21.9 Å². The molecule has 20 heavy (non-hydrogen) atoms. The lowest BCUT2D eigenvalue weighted by Crippen LogP contribution is -2.01. The van der Waals surface area contributed by atoms with Crippen LogP contribution in [0.2, 0.25) is 0 Å². The first-order valence-electron chi connectivity index (χ1n) is 5.78. The van der Waals surface area contributed by atoms with Gasteiger partial charge in [-0.05, 0) is 24.3 Å². The van der Waals surface area contributed by atoms with Gasteiger partial charge in [-0.2, -0.15) is 5.26 Å². The van der Waals surface area contributed by atoms with E-state index in [1.54, 1.807) is 24.3 Å². The maximum Gasteiger partial charge on any atom is 0.371 e. The van der Waals surface area contributed by atoms with Crippen molar-refractivity contribution in [1.29, 1.82) is 5.26 Å². The van der Waals surface area contributed by atoms with Gasteiger partial charge in [0.2, 0.25) is 5.76 Å². The van der Waals surface area contributed by atoms with E-state index in [1.807, 2.05) is 0 Å². The van der Waals surface area contributed by atoms with Crippen molar-refractivity contribution in [2.45, 2.75) is 6.54 Å². The molecule has 0 amide bonds. The normalized spacial score (nSPS) is 9.80. The van der Waals surface area contributed by atoms with Crippen molar-refractivity contribution in [3.05, 3.63) is 47.4 Å². The predicted octanol–water partition coefficient (Wildman–Crippen LogP) is 2.47. The number of methoxy groups -OCH3 is 1. The van der Waals surface area contributed by atoms with Gasteiger partial charge in [0.1, 0.15) is 17.6 Å². The number of carbonyl (C=O) groups is 1. The van der Waals surface area contributed by atoms with Gasteiger partial charge in [0.05, 0.1) is 24.9 Å². The molecule has 0 aliphatic rings. The zero-order chi connectivity index (χ0) is 14.5. The van der Waals surface area contributed by atoms with Crippen LogP contribution in [0.25, 0.3) is 0 Å². The topological polar surface area (TPSA) is 95.5 Å². The van der Waals surface area contributed by atoms with Crippen LogP contribution in [-0.2, 0) is 6.54 Å². The van der Waals surface area contributed by atoms with Crippen LogP contribution in [0.5, 0.6) is 5.75 Å². The van der Waals surface area contributed by atoms with Crippen molar-refractivity contribution in [2.24, 2.45) is 0 Å². The number of nitrogens with one attached hydrogen (secondary N) is 1. The van der Waals surface area contributed by atoms with Crippen molar-refractivity contribution >= 4 is 11.7 Å². The molecule has 1 heterocycles. The van der Waals surface area contributed by atoms with Crippen LogP contribution >= 0.6 is 0 Å². The Morgan fingerprint density at radius 1 is 1.45 bits per heavy atom. The van der Waals surface area contributed by atoms with E-state index in [-0.39, 0.29) is 12.3 Å². The molecule has 1 aromatic heterocycles. The van der Waals surface area contributed by atoms with Gasteiger partial charge in [0.15, 0.2) is 0 Å². The lowest BCUT2D eigenvalue weighted by molar-refractivity contribution is 0.0660. The van der Waals surface area contributed by atoms with Gasteiger partial charge in [-0.25, -0.2) is 4.79 Å². The molecule has 1 aromatic carbocycles. The average molecular weight is 272 g/mol. The molecule has 0 aliphatic heterocycles. The molecule has 0 saturated carbocycles. The second kappa shape index (κ2) is 5.80. The Labute approximate surface area is 115 Å². The largest absolute Gasteiger partial charge is 0.497 e. The van der Waals surface area contributed by atoms with E-state index < -0.39 is 5.97 Å². The summed E-state index contributed by atoms with van der Waals surface area (Å²) in [5.74, 6) is -0.144. The fraction of sp³-hybridized carbons (Fsp3) is 0.143. The monoisotopic (exact) mass is 272 g/mol. The number of furan rings is 1. The van der Waals surface area contributed by atoms with Crippen LogP contribution in [-0.4, -0.2) is 18.2 Å². The van der Waals surface area contributed by atoms with Gasteiger partial charge in [-0.3, -0.25) is 0 Å². The number of anilines is 1. The SMILES string of the molecule is COc1ccc(C#N)c(NCc2ccc(C(=O)O)o2)c1. The second-order valence-corrected chi connectivity index (χ2v) is 3.95. The van der Waals surface area contributed by atoms with Crippen LogP contribution in [0.4, 0.5) is 5.69 Å². The Morgan fingerprint density at radius 2 is 2.25 bits per heavy atom. The smallest absolute Gasteiger partial charge is 0.371 e. The molecule has 0 spiro atoms. The highest BCUT2D eigenvalue weighted by Crippen LogP contribution is 2.22. The number of carboxylic acids is 1. The second-order valence-electron chi connectivity index (χ2n) is 3.95. The highest BCUT2D eigenvalue weighted by Gasteiger charge is 2.09. The minimum absolute atomic E-state index is 0.118. The van der Waals surface area contributed by atoms with E-state index in [4.69, 9.17) is 19.5 Å². The van der Waals surface area contributed by atoms with E-state index in [1.165, 1.54) is 13.2 Å². The number of ether oxygens (including phenoxy) is 1. The maximum atomic E-state index is 10.7. The van der Waals surface area contributed by atoms with Gasteiger partial charge in [0, 0.05) is 6.07 Å². The quantitative estimate of drug-likeness (QED) is 0.868. The lowest BCUT2D eigenvalue weighted by atomic mass is 10.2. The Balaban J connectivity index is 2.13. The summed E-state index contributed by atoms with van der Waals surface area (Å²) in [6, 6.07) is 10.1. The van der Waals surface area contributed by atoms with Crippen molar-refractivity contribution in [1.82, 2.24) is 0 Å². The van der Waals surface area contributed by atoms with Crippen molar-refractivity contribution in [3.63, 3.8) is 0 Å². The summed E-state index contributed by atoms with van der Waals surface area (Å²) < 4.78 is 10.2. The van der Waals surface area contributed by atoms with E-state index in [9.17, 15) is 4.79 Å². The van der Waals surface area contributed by atoms with Crippen LogP contribution < -0.4 is 10.1 Å². The van der Waals surface area contributed by atoms with E-state index in [2.05, 4.69) is 11.4 Å². The van der Waals surface area contributed by atoms with Crippen molar-refractivity contribution < 1.29 is 19.1 Å². The molecule has 0 aliphatic carbocycles. The summed E-state index contributed by atoms with van der Waals surface area (Å²) in [6.07, 6.45) is 0. The van der Waals surface area contributed by atoms with E-state index >= 15 is 0 Å². The molecule has 0 atom stereocenters. The third-order valence-electron chi connectivity index (χ3n) is 2.67. The molecule has 0 saturated heterocycles. The van der Waals surface area contributed by atoms with Crippen molar-refractivity contribution in [3.8, 4) is 11.8 Å². The molecule has 6 heteroatoms. The fourth-order valence-corrected chi connectivity index (χ4v) is 1.66. The number of aromatic carboxylic acids is 1. The van der Waals surface area contributed by atoms with Gasteiger partial charge < -0.3 is 19.6 Å². The molecule has 2 rings (SSSR count). The summed E-state index contributed by atoms with van der Waals surface area (Å²) in [7, 11) is 1.54. The number of hydrogen-bond donors (Lipinski definition) is 2. The minimum Gasteiger partial charge on any atom is -0.497 e. The third kappa shape index (κ3) is 2.90. The summed E-state index contributed by atoms with van der Waals surface area (Å²) in [5, 5.41) is 20.8. The first-order valence-corrected chi connectivity index (χ1v) is 5.78. The van der Waals surface area contributed by atoms with Crippen LogP contribution in [0.3, 0.4) is 0 Å². The molecule has 6 nitrogen and oxygen atoms in total. The number of rotatable bonds is 5. The average Bonchev–Trinajstić information content (AvgIpc) is 2.93. The summed E-state index contributed by atoms with van der Waals surface area (Å²) >= 11 is 0. The Bertz CT molecular complexity index is 670. The molecule has 0 bridgehead atoms. The Hall–Kier alpha value is -2.94. The minimum atomic E-state index is -1.12. The number of benzene rings is 1. The van der Waals surface area contributed by atoms with Crippen LogP contribution in [0, 0.1) is 11.3 Å². The molecule has 2 aromatic rings. The molecule has 2 N–H and O–H groups in total. The summed E-state index contributed by atoms with van der Waals surface area (Å²) in [5.41, 5.74) is 1.07. The standard InChI is InChI=1S/C14H12N2O4/c1-19-10-3-2-9(7-15)12(6-10)16-8-11-4-5-13(20-11)14(17)18/h2-6,16H,8H2,1H3,(H,17,18). The molecule has 0 radical (unpaired) electrons. The van der Waals surface area contributed by atoms with Crippen LogP contribution in [0.15, 0.2) is 34.7 Å². The Morgan fingerprint density at radius 3 is 2.85 bits per heavy atom. The first-order chi connectivity index (χ1) is 9.63. The highest BCUT2D eigenvalue weighted by atomic mass is 16.5. The third-order valence-corrected chi connectivity index (χ3v) is 2.67. The van der Waals surface area contributed by atoms with E-state index in [0.29, 0.717) is 22.8 Å². The first kappa shape index (κ1) is 13.5. The zero-order valence-corrected chi connectivity index (χ0v) is 10.7. The summed E-state index contributed by atoms with van der Waals surface area (Å²) in [6.45, 7) is 0.273. The number of nitriles is 1. The molecule has 102 valence electrons. The molecular formula is C14H12N2O4. The molecule has 0 fully saturated rings. The predicted molar refractivity (Wildman–Crippen MR) is 70.7 cm³/mol. The number of carboxylic acid groups (broad SMARTS) is 1. The molecular weight excluding hydrogens is 260 g/mol. The molecule has 0 unspecified atom stereocenters. The highest BCUT2D eigenvalue weighted by molar-refractivity contribution is 5.84. The fourth-order valence-electron chi connectivity index (χ4n) is 1.66. The van der Waals surface area contributed by atoms with Gasteiger partial charge in [-0.15, -0.1) is 0 Å². The lowest BCUT2D eigenvalue weighted by Gasteiger charge is -2.08. The number of nitrogens with zero attached hydrogens (tertiary/aromatic N) is 1. The van der Waals surface area contributed by atoms with Gasteiger partial charge in [0.25, 0.3) is 0 Å². The van der Waals surface area contributed by atoms with Gasteiger partial charge >= 0.3 is 5.97 Å². The Kier molecular flexibility index (Phi) is 3.91. The van der Waals surface area contributed by atoms with E-state index in [0.717, 1.165) is 0 Å². The van der Waals surface area contributed by atoms with Gasteiger partial charge in [-0.1, -0.05) is 0 Å². The zero-order valence-electron chi connectivity index (χ0n) is 10.7. The summed E-state index contributed by atoms with van der Waals surface area (Å²) in [4.78, 5) is 10.7.